The van der Waals surface area contributed by atoms with E-state index in [0.717, 1.165) is 25.9 Å². The minimum atomic E-state index is -0.107. The van der Waals surface area contributed by atoms with Crippen molar-refractivity contribution in [3.63, 3.8) is 0 Å². The van der Waals surface area contributed by atoms with Crippen LogP contribution in [0.5, 0.6) is 5.75 Å². The van der Waals surface area contributed by atoms with E-state index in [1.54, 1.807) is 18.2 Å². The van der Waals surface area contributed by atoms with E-state index >= 15 is 0 Å². The summed E-state index contributed by atoms with van der Waals surface area (Å²) in [6, 6.07) is 4.93. The van der Waals surface area contributed by atoms with Gasteiger partial charge in [-0.25, -0.2) is 0 Å². The molecule has 0 unspecified atom stereocenters. The van der Waals surface area contributed by atoms with Crippen LogP contribution in [0.1, 0.15) is 30.4 Å². The van der Waals surface area contributed by atoms with Crippen LogP contribution in [0.4, 0.5) is 0 Å². The van der Waals surface area contributed by atoms with Gasteiger partial charge in [0.25, 0.3) is 0 Å². The van der Waals surface area contributed by atoms with E-state index < -0.39 is 0 Å². The van der Waals surface area contributed by atoms with Gasteiger partial charge >= 0.3 is 0 Å². The number of phenolic OH excluding ortho intramolecular Hbond substituents is 1. The van der Waals surface area contributed by atoms with E-state index in [1.807, 2.05) is 4.90 Å². The van der Waals surface area contributed by atoms with Gasteiger partial charge < -0.3 is 15.1 Å². The van der Waals surface area contributed by atoms with Crippen molar-refractivity contribution in [3.8, 4) is 5.75 Å². The van der Waals surface area contributed by atoms with Gasteiger partial charge in [-0.05, 0) is 37.0 Å². The molecule has 4 heteroatoms. The number of hydrogen-bond acceptors (Lipinski definition) is 3. The Labute approximate surface area is 113 Å². The third kappa shape index (κ3) is 3.58. The molecule has 1 aliphatic heterocycles. The van der Waals surface area contributed by atoms with E-state index in [-0.39, 0.29) is 18.3 Å². The molecule has 0 atom stereocenters. The van der Waals surface area contributed by atoms with Crippen LogP contribution in [0.3, 0.4) is 0 Å². The molecule has 1 heterocycles. The summed E-state index contributed by atoms with van der Waals surface area (Å²) >= 11 is 0. The van der Waals surface area contributed by atoms with Crippen molar-refractivity contribution < 1.29 is 15.0 Å². The predicted octanol–water partition coefficient (Wildman–Crippen LogP) is 1.91. The molecule has 1 amide bonds. The molecule has 0 saturated carbocycles. The molecule has 0 aliphatic carbocycles. The zero-order chi connectivity index (χ0) is 13.7. The number of aliphatic hydroxyl groups excluding tert-OH is 1. The Morgan fingerprint density at radius 3 is 2.63 bits per heavy atom. The molecule has 1 fully saturated rings. The highest BCUT2D eigenvalue weighted by Crippen LogP contribution is 2.20. The monoisotopic (exact) mass is 261 g/mol. The Balaban J connectivity index is 2.03. The molecule has 4 nitrogen and oxygen atoms in total. The van der Waals surface area contributed by atoms with Gasteiger partial charge in [0.15, 0.2) is 0 Å². The molecule has 1 aromatic rings. The number of rotatable bonds is 3. The van der Waals surface area contributed by atoms with Gasteiger partial charge in [-0.2, -0.15) is 0 Å². The van der Waals surface area contributed by atoms with Crippen LogP contribution in [-0.2, 0) is 11.4 Å². The molecule has 2 N–H and O–H groups in total. The van der Waals surface area contributed by atoms with Crippen LogP contribution in [0.25, 0.3) is 6.08 Å². The molecule has 19 heavy (non-hydrogen) atoms. The van der Waals surface area contributed by atoms with Crippen molar-refractivity contribution in [2.75, 3.05) is 13.1 Å². The van der Waals surface area contributed by atoms with Gasteiger partial charge in [-0.15, -0.1) is 0 Å². The second-order valence-electron chi connectivity index (χ2n) is 4.77. The van der Waals surface area contributed by atoms with Crippen LogP contribution in [0.2, 0.25) is 0 Å². The zero-order valence-electron chi connectivity index (χ0n) is 10.9. The predicted molar refractivity (Wildman–Crippen MR) is 73.5 cm³/mol. The number of likely N-dealkylation sites (tertiary alicyclic amines) is 1. The fraction of sp³-hybridized carbons (Fsp3) is 0.400. The van der Waals surface area contributed by atoms with Crippen LogP contribution in [0, 0.1) is 0 Å². The van der Waals surface area contributed by atoms with Crippen molar-refractivity contribution in [2.45, 2.75) is 25.9 Å². The second-order valence-corrected chi connectivity index (χ2v) is 4.77. The SMILES string of the molecule is O=C(C=Cc1ccc(CO)cc1O)N1CCCCC1. The van der Waals surface area contributed by atoms with Crippen molar-refractivity contribution >= 4 is 12.0 Å². The summed E-state index contributed by atoms with van der Waals surface area (Å²) < 4.78 is 0. The molecule has 1 aromatic carbocycles. The van der Waals surface area contributed by atoms with Crippen LogP contribution in [-0.4, -0.2) is 34.1 Å². The molecular weight excluding hydrogens is 242 g/mol. The fourth-order valence-corrected chi connectivity index (χ4v) is 2.21. The molecular formula is C15H19NO3. The second kappa shape index (κ2) is 6.38. The van der Waals surface area contributed by atoms with Crippen LogP contribution >= 0.6 is 0 Å². The smallest absolute Gasteiger partial charge is 0.246 e. The maximum absolute atomic E-state index is 11.9. The Hall–Kier alpha value is -1.81. The number of benzene rings is 1. The van der Waals surface area contributed by atoms with E-state index in [2.05, 4.69) is 0 Å². The first-order valence-electron chi connectivity index (χ1n) is 6.60. The lowest BCUT2D eigenvalue weighted by atomic mass is 10.1. The van der Waals surface area contributed by atoms with E-state index in [0.29, 0.717) is 11.1 Å². The summed E-state index contributed by atoms with van der Waals surface area (Å²) in [6.07, 6.45) is 6.44. The Morgan fingerprint density at radius 1 is 1.26 bits per heavy atom. The summed E-state index contributed by atoms with van der Waals surface area (Å²) in [6.45, 7) is 1.53. The molecule has 2 rings (SSSR count). The van der Waals surface area contributed by atoms with Crippen molar-refractivity contribution in [3.05, 3.63) is 35.4 Å². The zero-order valence-corrected chi connectivity index (χ0v) is 10.9. The average Bonchev–Trinajstić information content (AvgIpc) is 2.46. The number of piperidine rings is 1. The average molecular weight is 261 g/mol. The summed E-state index contributed by atoms with van der Waals surface area (Å²) in [5.41, 5.74) is 1.24. The lowest BCUT2D eigenvalue weighted by Gasteiger charge is -2.25. The molecule has 0 aromatic heterocycles. The van der Waals surface area contributed by atoms with Crippen molar-refractivity contribution in [1.82, 2.24) is 4.90 Å². The number of amides is 1. The number of aromatic hydroxyl groups is 1. The summed E-state index contributed by atoms with van der Waals surface area (Å²) in [4.78, 5) is 13.8. The van der Waals surface area contributed by atoms with Gasteiger partial charge in [0.1, 0.15) is 5.75 Å². The lowest BCUT2D eigenvalue weighted by Crippen LogP contribution is -2.34. The molecule has 0 radical (unpaired) electrons. The summed E-state index contributed by atoms with van der Waals surface area (Å²) in [5, 5.41) is 18.7. The highest BCUT2D eigenvalue weighted by molar-refractivity contribution is 5.92. The maximum Gasteiger partial charge on any atom is 0.246 e. The first-order chi connectivity index (χ1) is 9.20. The minimum absolute atomic E-state index is 0.00895. The fourth-order valence-electron chi connectivity index (χ4n) is 2.21. The number of hydrogen-bond donors (Lipinski definition) is 2. The van der Waals surface area contributed by atoms with Crippen LogP contribution in [0.15, 0.2) is 24.3 Å². The standard InChI is InChI=1S/C15H19NO3/c17-11-12-4-5-13(14(18)10-12)6-7-15(19)16-8-2-1-3-9-16/h4-7,10,17-18H,1-3,8-9,11H2. The normalized spacial score (nSPS) is 15.9. The number of carbonyl (C=O) groups excluding carboxylic acids is 1. The number of phenols is 1. The number of carbonyl (C=O) groups is 1. The van der Waals surface area contributed by atoms with Crippen LogP contribution < -0.4 is 0 Å². The molecule has 0 bridgehead atoms. The highest BCUT2D eigenvalue weighted by Gasteiger charge is 2.13. The quantitative estimate of drug-likeness (QED) is 0.817. The summed E-state index contributed by atoms with van der Waals surface area (Å²) in [5.74, 6) is 0.0691. The number of nitrogens with zero attached hydrogens (tertiary/aromatic N) is 1. The Morgan fingerprint density at radius 2 is 2.00 bits per heavy atom. The largest absolute Gasteiger partial charge is 0.507 e. The minimum Gasteiger partial charge on any atom is -0.507 e. The number of aliphatic hydroxyl groups is 1. The van der Waals surface area contributed by atoms with Gasteiger partial charge in [0.05, 0.1) is 6.61 Å². The molecule has 102 valence electrons. The van der Waals surface area contributed by atoms with E-state index in [4.69, 9.17) is 5.11 Å². The first-order valence-corrected chi connectivity index (χ1v) is 6.60. The Kier molecular flexibility index (Phi) is 4.58. The van der Waals surface area contributed by atoms with Gasteiger partial charge in [-0.3, -0.25) is 4.79 Å². The molecule has 1 saturated heterocycles. The molecule has 1 aliphatic rings. The van der Waals surface area contributed by atoms with Gasteiger partial charge in [-0.1, -0.05) is 12.1 Å². The van der Waals surface area contributed by atoms with Crippen molar-refractivity contribution in [1.29, 1.82) is 0 Å². The lowest BCUT2D eigenvalue weighted by molar-refractivity contribution is -0.126. The van der Waals surface area contributed by atoms with Gasteiger partial charge in [0.2, 0.25) is 5.91 Å². The summed E-state index contributed by atoms with van der Waals surface area (Å²) in [7, 11) is 0. The van der Waals surface area contributed by atoms with E-state index in [1.165, 1.54) is 18.6 Å². The third-order valence-corrected chi connectivity index (χ3v) is 3.35. The van der Waals surface area contributed by atoms with Crippen molar-refractivity contribution in [2.24, 2.45) is 0 Å². The topological polar surface area (TPSA) is 60.8 Å². The first kappa shape index (κ1) is 13.6. The van der Waals surface area contributed by atoms with Gasteiger partial charge in [0, 0.05) is 24.7 Å². The molecule has 0 spiro atoms. The van der Waals surface area contributed by atoms with E-state index in [9.17, 15) is 9.90 Å². The maximum atomic E-state index is 11.9. The third-order valence-electron chi connectivity index (χ3n) is 3.35. The highest BCUT2D eigenvalue weighted by atomic mass is 16.3. The Bertz CT molecular complexity index is 476.